The van der Waals surface area contributed by atoms with Crippen molar-refractivity contribution in [1.29, 1.82) is 0 Å². The highest BCUT2D eigenvalue weighted by atomic mass is 19.1. The molecular formula is C17H19FN2. The maximum absolute atomic E-state index is 13.9. The van der Waals surface area contributed by atoms with E-state index in [0.717, 1.165) is 25.2 Å². The second kappa shape index (κ2) is 5.63. The highest BCUT2D eigenvalue weighted by molar-refractivity contribution is 5.60. The first-order chi connectivity index (χ1) is 9.75. The lowest BCUT2D eigenvalue weighted by molar-refractivity contribution is 0.602. The molecule has 3 heteroatoms. The van der Waals surface area contributed by atoms with Gasteiger partial charge in [-0.05, 0) is 24.1 Å². The highest BCUT2D eigenvalue weighted by Gasteiger charge is 2.18. The van der Waals surface area contributed by atoms with Gasteiger partial charge in [0.2, 0.25) is 0 Å². The number of anilines is 1. The Labute approximate surface area is 119 Å². The van der Waals surface area contributed by atoms with Crippen molar-refractivity contribution in [2.24, 2.45) is 0 Å². The molecule has 0 fully saturated rings. The molecule has 1 aliphatic rings. The molecule has 0 radical (unpaired) electrons. The maximum atomic E-state index is 13.9. The van der Waals surface area contributed by atoms with Crippen LogP contribution in [0.25, 0.3) is 0 Å². The molecule has 0 bridgehead atoms. The monoisotopic (exact) mass is 270 g/mol. The smallest absolute Gasteiger partial charge is 0.128 e. The van der Waals surface area contributed by atoms with E-state index in [1.165, 1.54) is 22.9 Å². The minimum absolute atomic E-state index is 0.125. The summed E-state index contributed by atoms with van der Waals surface area (Å²) >= 11 is 0. The Balaban J connectivity index is 1.96. The van der Waals surface area contributed by atoms with Crippen molar-refractivity contribution >= 4 is 5.69 Å². The lowest BCUT2D eigenvalue weighted by Gasteiger charge is -2.26. The van der Waals surface area contributed by atoms with Crippen LogP contribution < -0.4 is 10.2 Å². The molecule has 2 aromatic rings. The number of hydrogen-bond acceptors (Lipinski definition) is 2. The molecule has 104 valence electrons. The number of benzene rings is 2. The largest absolute Gasteiger partial charge is 0.365 e. The van der Waals surface area contributed by atoms with Gasteiger partial charge in [-0.15, -0.1) is 0 Å². The third kappa shape index (κ3) is 2.54. The summed E-state index contributed by atoms with van der Waals surface area (Å²) in [6.07, 6.45) is 0. The van der Waals surface area contributed by atoms with Crippen LogP contribution in [-0.2, 0) is 13.1 Å². The van der Waals surface area contributed by atoms with E-state index in [1.807, 2.05) is 12.1 Å². The Hall–Kier alpha value is -1.87. The normalized spacial score (nSPS) is 14.8. The summed E-state index contributed by atoms with van der Waals surface area (Å²) in [6.45, 7) is 5.43. The molecule has 0 saturated heterocycles. The average Bonchev–Trinajstić information content (AvgIpc) is 2.65. The van der Waals surface area contributed by atoms with E-state index >= 15 is 0 Å². The molecule has 0 amide bonds. The molecule has 0 saturated carbocycles. The van der Waals surface area contributed by atoms with Gasteiger partial charge in [0.05, 0.1) is 0 Å². The van der Waals surface area contributed by atoms with Crippen molar-refractivity contribution in [3.63, 3.8) is 0 Å². The van der Waals surface area contributed by atoms with Gasteiger partial charge >= 0.3 is 0 Å². The molecule has 1 N–H and O–H groups in total. The summed E-state index contributed by atoms with van der Waals surface area (Å²) in [5.74, 6) is -0.125. The van der Waals surface area contributed by atoms with Gasteiger partial charge in [-0.3, -0.25) is 0 Å². The van der Waals surface area contributed by atoms with E-state index in [4.69, 9.17) is 0 Å². The molecule has 2 nitrogen and oxygen atoms in total. The van der Waals surface area contributed by atoms with Crippen LogP contribution in [0, 0.1) is 12.7 Å². The number of fused-ring (bicyclic) bond motifs is 1. The van der Waals surface area contributed by atoms with Crippen LogP contribution in [0.2, 0.25) is 0 Å². The van der Waals surface area contributed by atoms with Crippen LogP contribution in [0.15, 0.2) is 42.5 Å². The van der Waals surface area contributed by atoms with Crippen LogP contribution in [0.4, 0.5) is 10.1 Å². The quantitative estimate of drug-likeness (QED) is 0.901. The molecule has 1 aliphatic heterocycles. The van der Waals surface area contributed by atoms with E-state index in [1.54, 1.807) is 6.07 Å². The second-order valence-corrected chi connectivity index (χ2v) is 5.27. The number of nitrogens with one attached hydrogen (secondary N) is 1. The zero-order chi connectivity index (χ0) is 13.9. The van der Waals surface area contributed by atoms with Gasteiger partial charge in [-0.25, -0.2) is 4.39 Å². The Morgan fingerprint density at radius 3 is 2.85 bits per heavy atom. The van der Waals surface area contributed by atoms with Gasteiger partial charge in [-0.2, -0.15) is 0 Å². The molecule has 0 unspecified atom stereocenters. The first-order valence-electron chi connectivity index (χ1n) is 7.03. The number of para-hydroxylation sites is 1. The van der Waals surface area contributed by atoms with Gasteiger partial charge < -0.3 is 10.2 Å². The van der Waals surface area contributed by atoms with Crippen LogP contribution in [-0.4, -0.2) is 13.1 Å². The van der Waals surface area contributed by atoms with E-state index in [9.17, 15) is 4.39 Å². The van der Waals surface area contributed by atoms with Crippen LogP contribution in [0.1, 0.15) is 16.7 Å². The summed E-state index contributed by atoms with van der Waals surface area (Å²) in [4.78, 5) is 2.28. The van der Waals surface area contributed by atoms with Gasteiger partial charge in [0, 0.05) is 37.4 Å². The fourth-order valence-electron chi connectivity index (χ4n) is 2.85. The van der Waals surface area contributed by atoms with Crippen molar-refractivity contribution in [3.8, 4) is 0 Å². The Morgan fingerprint density at radius 1 is 1.15 bits per heavy atom. The SMILES string of the molecule is Cc1cccc2c1N(Cc1ccccc1F)CCNC2. The van der Waals surface area contributed by atoms with Crippen LogP contribution in [0.5, 0.6) is 0 Å². The summed E-state index contributed by atoms with van der Waals surface area (Å²) in [6, 6.07) is 13.4. The summed E-state index contributed by atoms with van der Waals surface area (Å²) in [5, 5.41) is 3.43. The maximum Gasteiger partial charge on any atom is 0.128 e. The second-order valence-electron chi connectivity index (χ2n) is 5.27. The van der Waals surface area contributed by atoms with Gasteiger partial charge in [-0.1, -0.05) is 36.4 Å². The fraction of sp³-hybridized carbons (Fsp3) is 0.294. The van der Waals surface area contributed by atoms with Crippen molar-refractivity contribution in [3.05, 3.63) is 65.0 Å². The van der Waals surface area contributed by atoms with E-state index < -0.39 is 0 Å². The topological polar surface area (TPSA) is 15.3 Å². The zero-order valence-electron chi connectivity index (χ0n) is 11.7. The number of hydrogen-bond donors (Lipinski definition) is 1. The third-order valence-corrected chi connectivity index (χ3v) is 3.83. The number of rotatable bonds is 2. The third-order valence-electron chi connectivity index (χ3n) is 3.83. The average molecular weight is 270 g/mol. The Morgan fingerprint density at radius 2 is 2.00 bits per heavy atom. The standard InChI is InChI=1S/C17H19FN2/c1-13-5-4-7-14-11-19-9-10-20(17(13)14)12-15-6-2-3-8-16(15)18/h2-8,19H,9-12H2,1H3. The van der Waals surface area contributed by atoms with Crippen LogP contribution >= 0.6 is 0 Å². The predicted molar refractivity (Wildman–Crippen MR) is 80.3 cm³/mol. The van der Waals surface area contributed by atoms with Gasteiger partial charge in [0.1, 0.15) is 5.82 Å². The molecule has 20 heavy (non-hydrogen) atoms. The molecule has 0 atom stereocenters. The molecule has 3 rings (SSSR count). The Kier molecular flexibility index (Phi) is 3.70. The summed E-state index contributed by atoms with van der Waals surface area (Å²) in [7, 11) is 0. The zero-order valence-corrected chi connectivity index (χ0v) is 11.7. The first-order valence-corrected chi connectivity index (χ1v) is 7.03. The van der Waals surface area contributed by atoms with Crippen molar-refractivity contribution in [2.45, 2.75) is 20.0 Å². The molecule has 0 aromatic heterocycles. The van der Waals surface area contributed by atoms with Crippen molar-refractivity contribution < 1.29 is 4.39 Å². The predicted octanol–water partition coefficient (Wildman–Crippen LogP) is 3.24. The van der Waals surface area contributed by atoms with E-state index in [2.05, 4.69) is 35.3 Å². The molecule has 0 aliphatic carbocycles. The minimum Gasteiger partial charge on any atom is -0.365 e. The number of aryl methyl sites for hydroxylation is 1. The lowest BCUT2D eigenvalue weighted by atomic mass is 10.1. The molecular weight excluding hydrogens is 251 g/mol. The lowest BCUT2D eigenvalue weighted by Crippen LogP contribution is -2.29. The fourth-order valence-corrected chi connectivity index (χ4v) is 2.85. The first kappa shape index (κ1) is 13.1. The Bertz CT molecular complexity index is 610. The van der Waals surface area contributed by atoms with Crippen LogP contribution in [0.3, 0.4) is 0 Å². The highest BCUT2D eigenvalue weighted by Crippen LogP contribution is 2.28. The number of halogens is 1. The van der Waals surface area contributed by atoms with Crippen molar-refractivity contribution in [1.82, 2.24) is 5.32 Å². The van der Waals surface area contributed by atoms with Gasteiger partial charge in [0.15, 0.2) is 0 Å². The minimum atomic E-state index is -0.125. The molecule has 0 spiro atoms. The van der Waals surface area contributed by atoms with Gasteiger partial charge in [0.25, 0.3) is 0 Å². The van der Waals surface area contributed by atoms with Crippen molar-refractivity contribution in [2.75, 3.05) is 18.0 Å². The van der Waals surface area contributed by atoms with E-state index in [0.29, 0.717) is 6.54 Å². The summed E-state index contributed by atoms with van der Waals surface area (Å²) in [5.41, 5.74) is 4.55. The van der Waals surface area contributed by atoms with E-state index in [-0.39, 0.29) is 5.82 Å². The number of nitrogens with zero attached hydrogens (tertiary/aromatic N) is 1. The molecule has 1 heterocycles. The summed E-state index contributed by atoms with van der Waals surface area (Å²) < 4.78 is 13.9. The molecule has 2 aromatic carbocycles.